The lowest BCUT2D eigenvalue weighted by Gasteiger charge is -2.25. The molecule has 1 N–H and O–H groups in total. The van der Waals surface area contributed by atoms with Crippen molar-refractivity contribution < 1.29 is 22.4 Å². The van der Waals surface area contributed by atoms with Crippen LogP contribution in [0.2, 0.25) is 0 Å². The molecule has 0 bridgehead atoms. The first-order valence-corrected chi connectivity index (χ1v) is 10.4. The molecule has 2 aliphatic rings. The van der Waals surface area contributed by atoms with Crippen LogP contribution in [0.4, 0.5) is 17.6 Å². The Morgan fingerprint density at radius 1 is 1.26 bits per heavy atom. The third-order valence-electron chi connectivity index (χ3n) is 5.57. The molecule has 1 amide bonds. The van der Waals surface area contributed by atoms with Crippen molar-refractivity contribution in [2.45, 2.75) is 32.4 Å². The van der Waals surface area contributed by atoms with Gasteiger partial charge in [0.25, 0.3) is 12.3 Å². The number of nitriles is 1. The van der Waals surface area contributed by atoms with Crippen molar-refractivity contribution in [2.24, 2.45) is 4.99 Å². The fourth-order valence-corrected chi connectivity index (χ4v) is 4.00. The average molecular weight is 469 g/mol. The van der Waals surface area contributed by atoms with E-state index in [0.717, 1.165) is 12.3 Å². The molecule has 2 aromatic rings. The zero-order valence-electron chi connectivity index (χ0n) is 18.2. The Bertz CT molecular complexity index is 1290. The van der Waals surface area contributed by atoms with E-state index in [1.54, 1.807) is 11.1 Å². The number of alkyl halides is 2. The molecule has 1 aromatic heterocycles. The van der Waals surface area contributed by atoms with Gasteiger partial charge in [-0.15, -0.1) is 0 Å². The van der Waals surface area contributed by atoms with Gasteiger partial charge in [-0.3, -0.25) is 14.8 Å². The molecule has 10 heteroatoms. The van der Waals surface area contributed by atoms with Crippen molar-refractivity contribution in [2.75, 3.05) is 6.54 Å². The van der Waals surface area contributed by atoms with E-state index >= 15 is 0 Å². The number of nitrogens with one attached hydrogen (secondary N) is 1. The van der Waals surface area contributed by atoms with Crippen LogP contribution in [0.5, 0.6) is 0 Å². The van der Waals surface area contributed by atoms with Gasteiger partial charge in [-0.05, 0) is 19.9 Å². The van der Waals surface area contributed by atoms with Gasteiger partial charge in [-0.2, -0.15) is 5.26 Å². The maximum absolute atomic E-state index is 14.6. The molecule has 1 aromatic carbocycles. The van der Waals surface area contributed by atoms with Crippen LogP contribution in [0.3, 0.4) is 0 Å². The van der Waals surface area contributed by atoms with Crippen LogP contribution in [-0.2, 0) is 4.79 Å². The van der Waals surface area contributed by atoms with E-state index in [4.69, 9.17) is 0 Å². The van der Waals surface area contributed by atoms with E-state index in [0.29, 0.717) is 12.4 Å². The topological polar surface area (TPSA) is 81.4 Å². The second-order valence-electron chi connectivity index (χ2n) is 8.00. The van der Waals surface area contributed by atoms with Crippen molar-refractivity contribution in [1.82, 2.24) is 15.2 Å². The number of fused-ring (bicyclic) bond motifs is 1. The summed E-state index contributed by atoms with van der Waals surface area (Å²) in [5.74, 6) is -2.12. The molecule has 0 aliphatic carbocycles. The first-order valence-electron chi connectivity index (χ1n) is 10.4. The molecule has 0 unspecified atom stereocenters. The predicted octanol–water partition coefficient (Wildman–Crippen LogP) is 4.43. The predicted molar refractivity (Wildman–Crippen MR) is 116 cm³/mol. The number of halogens is 4. The molecular formula is C24H19F4N5O. The minimum absolute atomic E-state index is 0.00542. The van der Waals surface area contributed by atoms with Gasteiger partial charge >= 0.3 is 0 Å². The van der Waals surface area contributed by atoms with E-state index in [1.165, 1.54) is 31.3 Å². The van der Waals surface area contributed by atoms with Crippen LogP contribution >= 0.6 is 0 Å². The fraction of sp³-hybridized carbons (Fsp3) is 0.250. The van der Waals surface area contributed by atoms with Gasteiger partial charge in [-0.1, -0.05) is 18.2 Å². The summed E-state index contributed by atoms with van der Waals surface area (Å²) in [6, 6.07) is 4.40. The van der Waals surface area contributed by atoms with Crippen LogP contribution in [0, 0.1) is 23.0 Å². The summed E-state index contributed by atoms with van der Waals surface area (Å²) in [5, 5.41) is 12.0. The SMILES string of the molecule is C[C@@H]1CN2C=C(c3c(F)cncc3C#N)C=C(C(=O)N[C@H](C)c3cccc(C(F)F)c3F)C2=N1. The summed E-state index contributed by atoms with van der Waals surface area (Å²) >= 11 is 0. The van der Waals surface area contributed by atoms with Crippen molar-refractivity contribution in [1.29, 1.82) is 5.26 Å². The number of aliphatic imine (C=N–C) groups is 1. The lowest BCUT2D eigenvalue weighted by molar-refractivity contribution is -0.117. The van der Waals surface area contributed by atoms with Crippen molar-refractivity contribution in [3.8, 4) is 6.07 Å². The van der Waals surface area contributed by atoms with E-state index in [9.17, 15) is 27.6 Å². The first kappa shape index (κ1) is 23.2. The van der Waals surface area contributed by atoms with Gasteiger partial charge in [-0.25, -0.2) is 17.6 Å². The van der Waals surface area contributed by atoms with E-state index in [1.807, 2.05) is 13.0 Å². The van der Waals surface area contributed by atoms with Crippen LogP contribution in [-0.4, -0.2) is 34.2 Å². The van der Waals surface area contributed by atoms with Crippen molar-refractivity contribution in [3.05, 3.63) is 82.3 Å². The minimum atomic E-state index is -3.00. The number of hydrogen-bond donors (Lipinski definition) is 1. The standard InChI is InChI=1S/C24H19F4N5O/c1-12-10-33-11-14(20-15(7-29)8-30-9-19(20)25)6-18(23(33)31-12)24(34)32-13(2)16-4-3-5-17(21(16)26)22(27)28/h3-6,8-9,11-13,22H,10H2,1-2H3,(H,32,34)/t12-,13-/m1/s1. The maximum Gasteiger partial charge on any atom is 0.266 e. The third-order valence-corrected chi connectivity index (χ3v) is 5.57. The highest BCUT2D eigenvalue weighted by Gasteiger charge is 2.33. The number of amides is 1. The van der Waals surface area contributed by atoms with Gasteiger partial charge in [0.05, 0.1) is 35.0 Å². The molecule has 0 saturated heterocycles. The number of carbonyl (C=O) groups is 1. The first-order chi connectivity index (χ1) is 16.2. The van der Waals surface area contributed by atoms with E-state index in [2.05, 4.69) is 15.3 Å². The molecule has 34 heavy (non-hydrogen) atoms. The minimum Gasteiger partial charge on any atom is -0.345 e. The molecule has 2 atom stereocenters. The number of carbonyl (C=O) groups excluding carboxylic acids is 1. The molecule has 3 heterocycles. The Hall–Kier alpha value is -4.00. The number of aromatic nitrogens is 1. The number of nitrogens with zero attached hydrogens (tertiary/aromatic N) is 4. The average Bonchev–Trinajstić information content (AvgIpc) is 3.17. The molecule has 0 spiro atoms. The molecular weight excluding hydrogens is 450 g/mol. The second kappa shape index (κ2) is 9.09. The van der Waals surface area contributed by atoms with Crippen LogP contribution in [0.1, 0.15) is 48.6 Å². The monoisotopic (exact) mass is 469 g/mol. The summed E-state index contributed by atoms with van der Waals surface area (Å²) in [6.07, 6.45) is 2.21. The summed E-state index contributed by atoms with van der Waals surface area (Å²) < 4.78 is 55.4. The third kappa shape index (κ3) is 4.17. The maximum atomic E-state index is 14.6. The zero-order valence-corrected chi connectivity index (χ0v) is 18.2. The number of hydrogen-bond acceptors (Lipinski definition) is 5. The summed E-state index contributed by atoms with van der Waals surface area (Å²) in [6.45, 7) is 3.74. The number of amidine groups is 1. The largest absolute Gasteiger partial charge is 0.345 e. The molecule has 4 rings (SSSR count). The highest BCUT2D eigenvalue weighted by atomic mass is 19.3. The Morgan fingerprint density at radius 3 is 2.71 bits per heavy atom. The quantitative estimate of drug-likeness (QED) is 0.657. The molecule has 174 valence electrons. The van der Waals surface area contributed by atoms with E-state index in [-0.39, 0.29) is 33.9 Å². The zero-order chi connectivity index (χ0) is 24.6. The summed E-state index contributed by atoms with van der Waals surface area (Å²) in [7, 11) is 0. The molecule has 0 fully saturated rings. The highest BCUT2D eigenvalue weighted by Crippen LogP contribution is 2.32. The summed E-state index contributed by atoms with van der Waals surface area (Å²) in [5.41, 5.74) is -0.506. The van der Waals surface area contributed by atoms with Crippen molar-refractivity contribution >= 4 is 17.3 Å². The lowest BCUT2D eigenvalue weighted by Crippen LogP contribution is -2.37. The molecule has 0 radical (unpaired) electrons. The van der Waals surface area contributed by atoms with Gasteiger partial charge in [0.15, 0.2) is 5.82 Å². The highest BCUT2D eigenvalue weighted by molar-refractivity contribution is 6.24. The fourth-order valence-electron chi connectivity index (χ4n) is 4.00. The van der Waals surface area contributed by atoms with Gasteiger partial charge in [0.2, 0.25) is 0 Å². The number of rotatable bonds is 5. The van der Waals surface area contributed by atoms with Crippen LogP contribution < -0.4 is 5.32 Å². The Balaban J connectivity index is 1.71. The van der Waals surface area contributed by atoms with E-state index < -0.39 is 35.6 Å². The number of pyridine rings is 1. The number of benzene rings is 1. The van der Waals surface area contributed by atoms with Gasteiger partial charge < -0.3 is 10.2 Å². The molecule has 6 nitrogen and oxygen atoms in total. The van der Waals surface area contributed by atoms with Crippen LogP contribution in [0.25, 0.3) is 5.57 Å². The Kier molecular flexibility index (Phi) is 6.20. The smallest absolute Gasteiger partial charge is 0.266 e. The molecule has 0 saturated carbocycles. The summed E-state index contributed by atoms with van der Waals surface area (Å²) in [4.78, 5) is 23.1. The second-order valence-corrected chi connectivity index (χ2v) is 8.00. The van der Waals surface area contributed by atoms with Gasteiger partial charge in [0.1, 0.15) is 17.7 Å². The normalized spacial score (nSPS) is 18.0. The lowest BCUT2D eigenvalue weighted by atomic mass is 9.96. The Labute approximate surface area is 192 Å². The van der Waals surface area contributed by atoms with Crippen molar-refractivity contribution in [3.63, 3.8) is 0 Å². The number of allylic oxidation sites excluding steroid dienone is 2. The molecule has 2 aliphatic heterocycles. The Morgan fingerprint density at radius 2 is 2.00 bits per heavy atom. The van der Waals surface area contributed by atoms with Gasteiger partial charge in [0, 0.05) is 35.6 Å². The van der Waals surface area contributed by atoms with Crippen LogP contribution in [0.15, 0.2) is 53.4 Å².